The summed E-state index contributed by atoms with van der Waals surface area (Å²) in [5.74, 6) is 0.470. The van der Waals surface area contributed by atoms with Gasteiger partial charge in [0.1, 0.15) is 11.6 Å². The molecule has 0 aromatic carbocycles. The van der Waals surface area contributed by atoms with Crippen LogP contribution in [0.3, 0.4) is 0 Å². The molecule has 16 heavy (non-hydrogen) atoms. The first-order chi connectivity index (χ1) is 7.65. The molecule has 1 aliphatic carbocycles. The third-order valence-electron chi connectivity index (χ3n) is 3.31. The van der Waals surface area contributed by atoms with E-state index in [9.17, 15) is 4.79 Å². The Morgan fingerprint density at radius 3 is 2.69 bits per heavy atom. The van der Waals surface area contributed by atoms with Crippen LogP contribution in [-0.4, -0.2) is 12.6 Å². The fourth-order valence-electron chi connectivity index (χ4n) is 2.18. The lowest BCUT2D eigenvalue weighted by atomic mass is 9.81. The summed E-state index contributed by atoms with van der Waals surface area (Å²) in [7, 11) is 0. The molecule has 0 aromatic heterocycles. The summed E-state index contributed by atoms with van der Waals surface area (Å²) >= 11 is 0. The van der Waals surface area contributed by atoms with Crippen molar-refractivity contribution in [3.05, 3.63) is 12.2 Å². The maximum absolute atomic E-state index is 11.2. The molecule has 1 atom stereocenters. The number of carbonyl (C=O) groups is 1. The van der Waals surface area contributed by atoms with Gasteiger partial charge in [-0.1, -0.05) is 45.6 Å². The molecule has 0 saturated heterocycles. The van der Waals surface area contributed by atoms with Gasteiger partial charge in [-0.05, 0) is 11.8 Å². The Morgan fingerprint density at radius 1 is 1.50 bits per heavy atom. The van der Waals surface area contributed by atoms with E-state index in [-0.39, 0.29) is 5.57 Å². The maximum Gasteiger partial charge on any atom is 0.348 e. The minimum absolute atomic E-state index is 0.115. The first kappa shape index (κ1) is 12.8. The molecule has 3 nitrogen and oxygen atoms in total. The first-order valence-corrected chi connectivity index (χ1v) is 5.91. The van der Waals surface area contributed by atoms with Crippen LogP contribution in [0.4, 0.5) is 0 Å². The SMILES string of the molecule is C=C(C#N)C(=O)OCC(C)C1CCCCC1. The van der Waals surface area contributed by atoms with E-state index in [1.54, 1.807) is 6.07 Å². The van der Waals surface area contributed by atoms with Crippen molar-refractivity contribution >= 4 is 5.97 Å². The molecule has 0 heterocycles. The molecule has 0 spiro atoms. The monoisotopic (exact) mass is 221 g/mol. The van der Waals surface area contributed by atoms with E-state index in [1.807, 2.05) is 0 Å². The van der Waals surface area contributed by atoms with Gasteiger partial charge in [0.2, 0.25) is 0 Å². The van der Waals surface area contributed by atoms with Crippen molar-refractivity contribution in [2.75, 3.05) is 6.61 Å². The van der Waals surface area contributed by atoms with Crippen molar-refractivity contribution in [3.63, 3.8) is 0 Å². The summed E-state index contributed by atoms with van der Waals surface area (Å²) < 4.78 is 5.05. The number of hydrogen-bond acceptors (Lipinski definition) is 3. The van der Waals surface area contributed by atoms with Crippen LogP contribution in [-0.2, 0) is 9.53 Å². The largest absolute Gasteiger partial charge is 0.461 e. The van der Waals surface area contributed by atoms with E-state index in [0.717, 1.165) is 0 Å². The van der Waals surface area contributed by atoms with Crippen molar-refractivity contribution in [1.82, 2.24) is 0 Å². The van der Waals surface area contributed by atoms with Crippen LogP contribution >= 0.6 is 0 Å². The van der Waals surface area contributed by atoms with Gasteiger partial charge < -0.3 is 4.74 Å². The molecule has 0 bridgehead atoms. The third kappa shape index (κ3) is 3.69. The Hall–Kier alpha value is -1.30. The normalized spacial score (nSPS) is 18.5. The van der Waals surface area contributed by atoms with Crippen LogP contribution < -0.4 is 0 Å². The second kappa shape index (κ2) is 6.32. The van der Waals surface area contributed by atoms with Crippen molar-refractivity contribution in [1.29, 1.82) is 5.26 Å². The Kier molecular flexibility index (Phi) is 5.04. The lowest BCUT2D eigenvalue weighted by Crippen LogP contribution is -2.21. The molecule has 1 rings (SSSR count). The zero-order chi connectivity index (χ0) is 12.0. The van der Waals surface area contributed by atoms with Gasteiger partial charge in [-0.25, -0.2) is 4.79 Å². The van der Waals surface area contributed by atoms with Crippen LogP contribution in [0.2, 0.25) is 0 Å². The molecule has 3 heteroatoms. The van der Waals surface area contributed by atoms with E-state index >= 15 is 0 Å². The minimum atomic E-state index is -0.579. The Morgan fingerprint density at radius 2 is 2.12 bits per heavy atom. The van der Waals surface area contributed by atoms with Crippen molar-refractivity contribution in [2.24, 2.45) is 11.8 Å². The van der Waals surface area contributed by atoms with Crippen molar-refractivity contribution in [2.45, 2.75) is 39.0 Å². The van der Waals surface area contributed by atoms with Crippen LogP contribution in [0.5, 0.6) is 0 Å². The average Bonchev–Trinajstić information content (AvgIpc) is 2.35. The van der Waals surface area contributed by atoms with Crippen molar-refractivity contribution in [3.8, 4) is 6.07 Å². The number of ether oxygens (including phenoxy) is 1. The smallest absolute Gasteiger partial charge is 0.348 e. The van der Waals surface area contributed by atoms with Crippen LogP contribution in [0.25, 0.3) is 0 Å². The number of rotatable bonds is 4. The molecule has 0 aliphatic heterocycles. The Labute approximate surface area is 97.1 Å². The summed E-state index contributed by atoms with van der Waals surface area (Å²) in [6.45, 7) is 5.84. The van der Waals surface area contributed by atoms with E-state index in [1.165, 1.54) is 32.1 Å². The molecule has 1 fully saturated rings. The first-order valence-electron chi connectivity index (χ1n) is 5.91. The summed E-state index contributed by atoms with van der Waals surface area (Å²) in [6.07, 6.45) is 6.37. The van der Waals surface area contributed by atoms with Crippen molar-refractivity contribution < 1.29 is 9.53 Å². The highest BCUT2D eigenvalue weighted by atomic mass is 16.5. The van der Waals surface area contributed by atoms with Crippen LogP contribution in [0.1, 0.15) is 39.0 Å². The number of esters is 1. The number of carbonyl (C=O) groups excluding carboxylic acids is 1. The highest BCUT2D eigenvalue weighted by Crippen LogP contribution is 2.29. The second-order valence-electron chi connectivity index (χ2n) is 4.56. The van der Waals surface area contributed by atoms with Gasteiger partial charge in [0.15, 0.2) is 0 Å². The summed E-state index contributed by atoms with van der Waals surface area (Å²) in [5, 5.41) is 8.47. The highest BCUT2D eigenvalue weighted by molar-refractivity contribution is 5.91. The number of nitriles is 1. The molecule has 0 N–H and O–H groups in total. The molecule has 1 saturated carbocycles. The molecule has 1 unspecified atom stereocenters. The zero-order valence-corrected chi connectivity index (χ0v) is 9.87. The minimum Gasteiger partial charge on any atom is -0.461 e. The van der Waals surface area contributed by atoms with E-state index < -0.39 is 5.97 Å². The lowest BCUT2D eigenvalue weighted by Gasteiger charge is -2.27. The fraction of sp³-hybridized carbons (Fsp3) is 0.692. The molecule has 1 aliphatic rings. The predicted molar refractivity (Wildman–Crippen MR) is 61.5 cm³/mol. The maximum atomic E-state index is 11.2. The average molecular weight is 221 g/mol. The number of nitrogens with zero attached hydrogens (tertiary/aromatic N) is 1. The molecular formula is C13H19NO2. The van der Waals surface area contributed by atoms with Gasteiger partial charge in [-0.3, -0.25) is 0 Å². The van der Waals surface area contributed by atoms with E-state index in [2.05, 4.69) is 13.5 Å². The van der Waals surface area contributed by atoms with E-state index in [0.29, 0.717) is 18.4 Å². The summed E-state index contributed by atoms with van der Waals surface area (Å²) in [4.78, 5) is 11.2. The highest BCUT2D eigenvalue weighted by Gasteiger charge is 2.21. The van der Waals surface area contributed by atoms with Gasteiger partial charge in [0.25, 0.3) is 0 Å². The molecular weight excluding hydrogens is 202 g/mol. The molecule has 0 aromatic rings. The predicted octanol–water partition coefficient (Wildman–Crippen LogP) is 2.83. The lowest BCUT2D eigenvalue weighted by molar-refractivity contribution is -0.140. The van der Waals surface area contributed by atoms with Gasteiger partial charge in [0, 0.05) is 0 Å². The van der Waals surface area contributed by atoms with Gasteiger partial charge in [0.05, 0.1) is 6.61 Å². The topological polar surface area (TPSA) is 50.1 Å². The zero-order valence-electron chi connectivity index (χ0n) is 9.87. The second-order valence-corrected chi connectivity index (χ2v) is 4.56. The van der Waals surface area contributed by atoms with Gasteiger partial charge in [-0.15, -0.1) is 0 Å². The number of hydrogen-bond donors (Lipinski definition) is 0. The summed E-state index contributed by atoms with van der Waals surface area (Å²) in [5.41, 5.74) is -0.115. The van der Waals surface area contributed by atoms with E-state index in [4.69, 9.17) is 10.00 Å². The third-order valence-corrected chi connectivity index (χ3v) is 3.31. The standard InChI is InChI=1S/C13H19NO2/c1-10(8-14)13(15)16-9-11(2)12-6-4-3-5-7-12/h11-12H,1,3-7,9H2,2H3. The van der Waals surface area contributed by atoms with Crippen LogP contribution in [0, 0.1) is 23.2 Å². The molecule has 0 radical (unpaired) electrons. The Balaban J connectivity index is 2.29. The Bertz CT molecular complexity index is 298. The van der Waals surface area contributed by atoms with Crippen LogP contribution in [0.15, 0.2) is 12.2 Å². The molecule has 88 valence electrons. The van der Waals surface area contributed by atoms with Gasteiger partial charge in [-0.2, -0.15) is 5.26 Å². The van der Waals surface area contributed by atoms with Gasteiger partial charge >= 0.3 is 5.97 Å². The quantitative estimate of drug-likeness (QED) is 0.416. The molecule has 0 amide bonds. The summed E-state index contributed by atoms with van der Waals surface area (Å²) in [6, 6.07) is 1.70. The fourth-order valence-corrected chi connectivity index (χ4v) is 2.18.